The van der Waals surface area contributed by atoms with Gasteiger partial charge in [-0.15, -0.1) is 0 Å². The summed E-state index contributed by atoms with van der Waals surface area (Å²) in [7, 11) is 1.40. The summed E-state index contributed by atoms with van der Waals surface area (Å²) < 4.78 is 27.7. The molecule has 1 N–H and O–H groups in total. The predicted octanol–water partition coefficient (Wildman–Crippen LogP) is 6.57. The third-order valence-corrected chi connectivity index (χ3v) is 7.94. The lowest BCUT2D eigenvalue weighted by molar-refractivity contribution is -0.146. The standard InChI is InChI=1S/C37H45NO8/c1-3-43-37(41)29-17-22-34(33(26-29)35(39)38-30-18-15-28(16-19-30)36(40)42-2)46-25-9-10-27-13-20-32(21-14-27)45-24-8-7-23-44-31-11-5-4-6-12-31/h4-6,11-14,17,20-22,26,28,30H,3,7-10,15-16,18-19,23-25H2,1-2H3,(H,38,39)/t28-,30+. The van der Waals surface area contributed by atoms with Crippen LogP contribution in [0.3, 0.4) is 0 Å². The van der Waals surface area contributed by atoms with Crippen molar-refractivity contribution in [2.24, 2.45) is 5.92 Å². The van der Waals surface area contributed by atoms with Crippen molar-refractivity contribution >= 4 is 17.8 Å². The summed E-state index contributed by atoms with van der Waals surface area (Å²) in [6, 6.07) is 22.6. The van der Waals surface area contributed by atoms with Crippen LogP contribution in [0.4, 0.5) is 0 Å². The van der Waals surface area contributed by atoms with E-state index in [2.05, 4.69) is 17.4 Å². The van der Waals surface area contributed by atoms with Crippen LogP contribution < -0.4 is 19.5 Å². The molecular formula is C37H45NO8. The molecule has 1 aliphatic carbocycles. The number of methoxy groups -OCH3 is 1. The van der Waals surface area contributed by atoms with Crippen LogP contribution in [-0.4, -0.2) is 57.4 Å². The number of aryl methyl sites for hydroxylation is 1. The quantitative estimate of drug-likeness (QED) is 0.132. The van der Waals surface area contributed by atoms with E-state index in [1.807, 2.05) is 42.5 Å². The van der Waals surface area contributed by atoms with E-state index in [1.54, 1.807) is 19.1 Å². The molecule has 246 valence electrons. The van der Waals surface area contributed by atoms with Gasteiger partial charge in [0.1, 0.15) is 17.2 Å². The molecule has 9 heteroatoms. The number of carbonyl (C=O) groups is 3. The normalized spacial score (nSPS) is 15.8. The predicted molar refractivity (Wildman–Crippen MR) is 175 cm³/mol. The van der Waals surface area contributed by atoms with Gasteiger partial charge in [0, 0.05) is 6.04 Å². The molecule has 0 aliphatic heterocycles. The second-order valence-electron chi connectivity index (χ2n) is 11.3. The number of esters is 2. The molecular weight excluding hydrogens is 586 g/mol. The van der Waals surface area contributed by atoms with E-state index in [-0.39, 0.29) is 41.6 Å². The summed E-state index contributed by atoms with van der Waals surface area (Å²) >= 11 is 0. The summed E-state index contributed by atoms with van der Waals surface area (Å²) in [4.78, 5) is 37.6. The summed E-state index contributed by atoms with van der Waals surface area (Å²) in [6.45, 7) is 3.66. The average molecular weight is 632 g/mol. The third-order valence-electron chi connectivity index (χ3n) is 7.94. The molecule has 0 saturated heterocycles. The van der Waals surface area contributed by atoms with Crippen molar-refractivity contribution in [1.82, 2.24) is 5.32 Å². The van der Waals surface area contributed by atoms with Crippen LogP contribution in [0.2, 0.25) is 0 Å². The number of amides is 1. The van der Waals surface area contributed by atoms with Gasteiger partial charge in [0.25, 0.3) is 5.91 Å². The number of benzene rings is 3. The molecule has 1 fully saturated rings. The number of nitrogens with one attached hydrogen (secondary N) is 1. The summed E-state index contributed by atoms with van der Waals surface area (Å²) in [5.74, 6) is 0.974. The molecule has 0 aromatic heterocycles. The van der Waals surface area contributed by atoms with Crippen LogP contribution in [0.1, 0.15) is 78.1 Å². The lowest BCUT2D eigenvalue weighted by Gasteiger charge is -2.27. The SMILES string of the molecule is CCOC(=O)c1ccc(OCCCc2ccc(OCCCCOc3ccccc3)cc2)c(C(=O)N[C@H]2CC[C@@H](C(=O)OC)CC2)c1. The fraction of sp³-hybridized carbons (Fsp3) is 0.432. The summed E-state index contributed by atoms with van der Waals surface area (Å²) in [6.07, 6.45) is 6.01. The molecule has 3 aromatic carbocycles. The molecule has 1 saturated carbocycles. The van der Waals surface area contributed by atoms with E-state index in [4.69, 9.17) is 23.7 Å². The molecule has 0 heterocycles. The van der Waals surface area contributed by atoms with Crippen LogP contribution in [0.25, 0.3) is 0 Å². The van der Waals surface area contributed by atoms with Gasteiger partial charge in [0.05, 0.1) is 50.6 Å². The molecule has 3 aromatic rings. The Labute approximate surface area is 271 Å². The number of hydrogen-bond donors (Lipinski definition) is 1. The molecule has 4 rings (SSSR count). The van der Waals surface area contributed by atoms with Gasteiger partial charge in [-0.2, -0.15) is 0 Å². The Morgan fingerprint density at radius 1 is 0.761 bits per heavy atom. The fourth-order valence-electron chi connectivity index (χ4n) is 5.39. The van der Waals surface area contributed by atoms with Gasteiger partial charge in [0.15, 0.2) is 0 Å². The molecule has 0 spiro atoms. The molecule has 46 heavy (non-hydrogen) atoms. The monoisotopic (exact) mass is 631 g/mol. The van der Waals surface area contributed by atoms with Crippen LogP contribution >= 0.6 is 0 Å². The van der Waals surface area contributed by atoms with Gasteiger partial charge < -0.3 is 29.0 Å². The van der Waals surface area contributed by atoms with Crippen LogP contribution in [0.5, 0.6) is 17.2 Å². The maximum atomic E-state index is 13.4. The molecule has 1 amide bonds. The van der Waals surface area contributed by atoms with Crippen LogP contribution in [0, 0.1) is 5.92 Å². The third kappa shape index (κ3) is 10.8. The zero-order valence-electron chi connectivity index (χ0n) is 26.8. The Morgan fingerprint density at radius 3 is 2.07 bits per heavy atom. The molecule has 0 radical (unpaired) electrons. The number of unbranched alkanes of at least 4 members (excludes halogenated alkanes) is 1. The van der Waals surface area contributed by atoms with Gasteiger partial charge in [-0.3, -0.25) is 9.59 Å². The highest BCUT2D eigenvalue weighted by Crippen LogP contribution is 2.27. The zero-order valence-corrected chi connectivity index (χ0v) is 26.8. The fourth-order valence-corrected chi connectivity index (χ4v) is 5.39. The first-order valence-electron chi connectivity index (χ1n) is 16.2. The van der Waals surface area contributed by atoms with E-state index in [1.165, 1.54) is 13.2 Å². The van der Waals surface area contributed by atoms with Gasteiger partial charge in [0.2, 0.25) is 0 Å². The molecule has 0 unspecified atom stereocenters. The van der Waals surface area contributed by atoms with E-state index >= 15 is 0 Å². The van der Waals surface area contributed by atoms with Crippen molar-refractivity contribution in [3.05, 3.63) is 89.5 Å². The van der Waals surface area contributed by atoms with E-state index in [0.717, 1.165) is 42.7 Å². The Morgan fingerprint density at radius 2 is 1.41 bits per heavy atom. The van der Waals surface area contributed by atoms with E-state index in [9.17, 15) is 14.4 Å². The molecule has 0 bridgehead atoms. The maximum absolute atomic E-state index is 13.4. The first-order valence-corrected chi connectivity index (χ1v) is 16.2. The first-order chi connectivity index (χ1) is 22.5. The Kier molecular flexibility index (Phi) is 13.8. The highest BCUT2D eigenvalue weighted by Gasteiger charge is 2.28. The van der Waals surface area contributed by atoms with Gasteiger partial charge in [-0.25, -0.2) is 4.79 Å². The maximum Gasteiger partial charge on any atom is 0.338 e. The number of para-hydroxylation sites is 1. The lowest BCUT2D eigenvalue weighted by Crippen LogP contribution is -2.39. The highest BCUT2D eigenvalue weighted by atomic mass is 16.5. The summed E-state index contributed by atoms with van der Waals surface area (Å²) in [5, 5.41) is 3.06. The Balaban J connectivity index is 1.22. The molecule has 0 atom stereocenters. The number of rotatable bonds is 17. The first kappa shape index (κ1) is 34.3. The van der Waals surface area contributed by atoms with Gasteiger partial charge in [-0.05, 0) is 106 Å². The topological polar surface area (TPSA) is 109 Å². The second-order valence-corrected chi connectivity index (χ2v) is 11.3. The van der Waals surface area contributed by atoms with Crippen molar-refractivity contribution in [3.8, 4) is 17.2 Å². The molecule has 1 aliphatic rings. The largest absolute Gasteiger partial charge is 0.494 e. The van der Waals surface area contributed by atoms with Gasteiger partial charge >= 0.3 is 11.9 Å². The minimum Gasteiger partial charge on any atom is -0.494 e. The van der Waals surface area contributed by atoms with Crippen molar-refractivity contribution < 1.29 is 38.1 Å². The zero-order chi connectivity index (χ0) is 32.6. The van der Waals surface area contributed by atoms with Gasteiger partial charge in [-0.1, -0.05) is 30.3 Å². The van der Waals surface area contributed by atoms with Crippen LogP contribution in [-0.2, 0) is 20.7 Å². The van der Waals surface area contributed by atoms with Crippen molar-refractivity contribution in [1.29, 1.82) is 0 Å². The van der Waals surface area contributed by atoms with Crippen molar-refractivity contribution in [2.75, 3.05) is 33.5 Å². The minimum absolute atomic E-state index is 0.0758. The Bertz CT molecular complexity index is 1380. The number of hydrogen-bond acceptors (Lipinski definition) is 8. The minimum atomic E-state index is -0.494. The number of ether oxygens (including phenoxy) is 5. The second kappa shape index (κ2) is 18.4. The Hall–Kier alpha value is -4.53. The average Bonchev–Trinajstić information content (AvgIpc) is 3.09. The van der Waals surface area contributed by atoms with Crippen molar-refractivity contribution in [3.63, 3.8) is 0 Å². The summed E-state index contributed by atoms with van der Waals surface area (Å²) in [5.41, 5.74) is 1.73. The number of carbonyl (C=O) groups excluding carboxylic acids is 3. The van der Waals surface area contributed by atoms with E-state index < -0.39 is 5.97 Å². The smallest absolute Gasteiger partial charge is 0.338 e. The highest BCUT2D eigenvalue weighted by molar-refractivity contribution is 6.00. The molecule has 9 nitrogen and oxygen atoms in total. The van der Waals surface area contributed by atoms with Crippen molar-refractivity contribution in [2.45, 2.75) is 64.3 Å². The van der Waals surface area contributed by atoms with Crippen LogP contribution in [0.15, 0.2) is 72.8 Å². The lowest BCUT2D eigenvalue weighted by atomic mass is 9.86. The van der Waals surface area contributed by atoms with E-state index in [0.29, 0.717) is 51.3 Å².